The second kappa shape index (κ2) is 9.76. The van der Waals surface area contributed by atoms with E-state index in [2.05, 4.69) is 41.7 Å². The molecule has 5 unspecified atom stereocenters. The van der Waals surface area contributed by atoms with Crippen LogP contribution < -0.4 is 10.6 Å². The Morgan fingerprint density at radius 3 is 2.45 bits per heavy atom. The number of guanidine groups is 1. The first-order chi connectivity index (χ1) is 13.6. The SMILES string of the molecule is CCNC(=NCC1CCN(C)C1)NCCCN1C(=O)C2C3C=CC(C3)C2C1=O.I. The Bertz CT molecular complexity index is 652. The van der Waals surface area contributed by atoms with E-state index in [9.17, 15) is 9.59 Å². The normalized spacial score (nSPS) is 33.4. The molecule has 4 aliphatic rings. The minimum absolute atomic E-state index is 0. The van der Waals surface area contributed by atoms with Crippen molar-refractivity contribution in [3.8, 4) is 0 Å². The number of aliphatic imine (C=N–C) groups is 1. The summed E-state index contributed by atoms with van der Waals surface area (Å²) in [5.74, 6) is 1.97. The van der Waals surface area contributed by atoms with E-state index in [4.69, 9.17) is 4.99 Å². The summed E-state index contributed by atoms with van der Waals surface area (Å²) in [6.45, 7) is 7.18. The third-order valence-electron chi connectivity index (χ3n) is 6.75. The lowest BCUT2D eigenvalue weighted by Gasteiger charge is -2.18. The molecule has 4 rings (SSSR count). The van der Waals surface area contributed by atoms with Crippen molar-refractivity contribution in [2.45, 2.75) is 26.2 Å². The van der Waals surface area contributed by atoms with Gasteiger partial charge in [0, 0.05) is 32.7 Å². The molecule has 0 aromatic carbocycles. The molecule has 2 N–H and O–H groups in total. The van der Waals surface area contributed by atoms with Gasteiger partial charge in [-0.1, -0.05) is 12.2 Å². The zero-order valence-electron chi connectivity index (χ0n) is 17.5. The average Bonchev–Trinajstić information content (AvgIpc) is 3.43. The van der Waals surface area contributed by atoms with Crippen LogP contribution in [0.2, 0.25) is 0 Å². The van der Waals surface area contributed by atoms with Gasteiger partial charge in [-0.2, -0.15) is 0 Å². The van der Waals surface area contributed by atoms with Gasteiger partial charge in [-0.25, -0.2) is 0 Å². The summed E-state index contributed by atoms with van der Waals surface area (Å²) in [5.41, 5.74) is 0. The molecule has 0 radical (unpaired) electrons. The number of amides is 2. The van der Waals surface area contributed by atoms with E-state index in [1.807, 2.05) is 0 Å². The standard InChI is InChI=1S/C21H33N5O2.HI/c1-3-22-21(24-12-14-7-10-25(2)13-14)23-8-4-9-26-19(27)17-15-5-6-16(11-15)18(17)20(26)28;/h5-6,14-18H,3-4,7-13H2,1-2H3,(H2,22,23,24);1H. The van der Waals surface area contributed by atoms with Crippen LogP contribution in [0, 0.1) is 29.6 Å². The summed E-state index contributed by atoms with van der Waals surface area (Å²) in [6, 6.07) is 0. The van der Waals surface area contributed by atoms with E-state index in [-0.39, 0.29) is 59.5 Å². The van der Waals surface area contributed by atoms with E-state index in [0.29, 0.717) is 19.0 Å². The molecule has 0 aromatic heterocycles. The molecule has 2 aliphatic heterocycles. The van der Waals surface area contributed by atoms with Gasteiger partial charge in [-0.3, -0.25) is 19.5 Å². The van der Waals surface area contributed by atoms with Crippen LogP contribution in [0.25, 0.3) is 0 Å². The molecule has 2 saturated heterocycles. The summed E-state index contributed by atoms with van der Waals surface area (Å²) in [7, 11) is 2.16. The highest BCUT2D eigenvalue weighted by atomic mass is 127. The summed E-state index contributed by atoms with van der Waals surface area (Å²) in [4.78, 5) is 34.0. The highest BCUT2D eigenvalue weighted by Crippen LogP contribution is 2.52. The van der Waals surface area contributed by atoms with Crippen LogP contribution >= 0.6 is 24.0 Å². The van der Waals surface area contributed by atoms with Crippen LogP contribution in [0.5, 0.6) is 0 Å². The Balaban J connectivity index is 0.00000240. The van der Waals surface area contributed by atoms with Crippen LogP contribution in [-0.2, 0) is 9.59 Å². The van der Waals surface area contributed by atoms with Gasteiger partial charge in [0.2, 0.25) is 11.8 Å². The van der Waals surface area contributed by atoms with E-state index < -0.39 is 0 Å². The summed E-state index contributed by atoms with van der Waals surface area (Å²) >= 11 is 0. The maximum Gasteiger partial charge on any atom is 0.233 e. The Labute approximate surface area is 190 Å². The molecular weight excluding hydrogens is 481 g/mol. The van der Waals surface area contributed by atoms with Gasteiger partial charge in [0.1, 0.15) is 0 Å². The summed E-state index contributed by atoms with van der Waals surface area (Å²) < 4.78 is 0. The number of hydrogen-bond acceptors (Lipinski definition) is 4. The molecule has 5 atom stereocenters. The molecule has 0 aromatic rings. The summed E-state index contributed by atoms with van der Waals surface area (Å²) in [5, 5.41) is 6.64. The fourth-order valence-corrected chi connectivity index (χ4v) is 5.37. The lowest BCUT2D eigenvalue weighted by molar-refractivity contribution is -0.140. The molecule has 2 heterocycles. The van der Waals surface area contributed by atoms with Gasteiger partial charge >= 0.3 is 0 Å². The van der Waals surface area contributed by atoms with E-state index >= 15 is 0 Å². The molecular formula is C21H34IN5O2. The number of halogens is 1. The van der Waals surface area contributed by atoms with Gasteiger partial charge in [-0.05, 0) is 57.5 Å². The van der Waals surface area contributed by atoms with Gasteiger partial charge in [-0.15, -0.1) is 24.0 Å². The topological polar surface area (TPSA) is 77.0 Å². The highest BCUT2D eigenvalue weighted by molar-refractivity contribution is 14.0. The number of likely N-dealkylation sites (tertiary alicyclic amines) is 2. The number of nitrogens with one attached hydrogen (secondary N) is 2. The van der Waals surface area contributed by atoms with Crippen molar-refractivity contribution in [3.05, 3.63) is 12.2 Å². The van der Waals surface area contributed by atoms with Crippen LogP contribution in [0.1, 0.15) is 26.2 Å². The fraction of sp³-hybridized carbons (Fsp3) is 0.762. The van der Waals surface area contributed by atoms with Crippen LogP contribution in [0.15, 0.2) is 17.1 Å². The van der Waals surface area contributed by atoms with Gasteiger partial charge in [0.15, 0.2) is 5.96 Å². The molecule has 162 valence electrons. The molecule has 1 saturated carbocycles. The second-order valence-electron chi connectivity index (χ2n) is 8.74. The zero-order chi connectivity index (χ0) is 19.7. The molecule has 2 aliphatic carbocycles. The number of allylic oxidation sites excluding steroid dienone is 2. The third kappa shape index (κ3) is 4.62. The number of carbonyl (C=O) groups excluding carboxylic acids is 2. The lowest BCUT2D eigenvalue weighted by atomic mass is 9.85. The Morgan fingerprint density at radius 1 is 1.17 bits per heavy atom. The van der Waals surface area contributed by atoms with Crippen molar-refractivity contribution in [1.82, 2.24) is 20.4 Å². The first kappa shape index (κ1) is 22.5. The molecule has 2 bridgehead atoms. The molecule has 29 heavy (non-hydrogen) atoms. The number of fused-ring (bicyclic) bond motifs is 5. The number of rotatable bonds is 7. The first-order valence-corrected chi connectivity index (χ1v) is 10.8. The smallest absolute Gasteiger partial charge is 0.233 e. The Hall–Kier alpha value is -1.16. The van der Waals surface area contributed by atoms with E-state index in [1.54, 1.807) is 0 Å². The Kier molecular flexibility index (Phi) is 7.58. The maximum absolute atomic E-state index is 12.7. The number of nitrogens with zero attached hydrogens (tertiary/aromatic N) is 3. The average molecular weight is 515 g/mol. The number of hydrogen-bond donors (Lipinski definition) is 2. The van der Waals surface area contributed by atoms with Crippen molar-refractivity contribution in [2.24, 2.45) is 34.6 Å². The Morgan fingerprint density at radius 2 is 1.86 bits per heavy atom. The summed E-state index contributed by atoms with van der Waals surface area (Å²) in [6.07, 6.45) is 7.22. The minimum atomic E-state index is -0.0844. The molecule has 7 nitrogen and oxygen atoms in total. The van der Waals surface area contributed by atoms with Crippen molar-refractivity contribution >= 4 is 41.8 Å². The zero-order valence-corrected chi connectivity index (χ0v) is 19.8. The monoisotopic (exact) mass is 515 g/mol. The largest absolute Gasteiger partial charge is 0.357 e. The second-order valence-corrected chi connectivity index (χ2v) is 8.74. The van der Waals surface area contributed by atoms with Crippen LogP contribution in [0.4, 0.5) is 0 Å². The van der Waals surface area contributed by atoms with Crippen LogP contribution in [0.3, 0.4) is 0 Å². The fourth-order valence-electron chi connectivity index (χ4n) is 5.37. The quantitative estimate of drug-likeness (QED) is 0.134. The molecule has 2 amide bonds. The maximum atomic E-state index is 12.7. The van der Waals surface area contributed by atoms with Crippen molar-refractivity contribution < 1.29 is 9.59 Å². The molecule has 0 spiro atoms. The molecule has 8 heteroatoms. The van der Waals surface area contributed by atoms with Gasteiger partial charge in [0.25, 0.3) is 0 Å². The van der Waals surface area contributed by atoms with Gasteiger partial charge < -0.3 is 15.5 Å². The van der Waals surface area contributed by atoms with Crippen molar-refractivity contribution in [2.75, 3.05) is 46.3 Å². The van der Waals surface area contributed by atoms with Crippen molar-refractivity contribution in [1.29, 1.82) is 0 Å². The van der Waals surface area contributed by atoms with E-state index in [1.165, 1.54) is 11.3 Å². The number of carbonyl (C=O) groups is 2. The molecule has 3 fully saturated rings. The predicted molar refractivity (Wildman–Crippen MR) is 124 cm³/mol. The van der Waals surface area contributed by atoms with Crippen molar-refractivity contribution in [3.63, 3.8) is 0 Å². The highest BCUT2D eigenvalue weighted by Gasteiger charge is 2.58. The third-order valence-corrected chi connectivity index (χ3v) is 6.75. The van der Waals surface area contributed by atoms with Crippen LogP contribution in [-0.4, -0.2) is 73.9 Å². The van der Waals surface area contributed by atoms with Gasteiger partial charge in [0.05, 0.1) is 11.8 Å². The number of imide groups is 1. The van der Waals surface area contributed by atoms with E-state index in [0.717, 1.165) is 45.0 Å². The minimum Gasteiger partial charge on any atom is -0.357 e. The first-order valence-electron chi connectivity index (χ1n) is 10.8. The predicted octanol–water partition coefficient (Wildman–Crippen LogP) is 1.31. The lowest BCUT2D eigenvalue weighted by Crippen LogP contribution is -2.40.